The van der Waals surface area contributed by atoms with E-state index in [9.17, 15) is 4.79 Å². The van der Waals surface area contributed by atoms with E-state index in [1.807, 2.05) is 18.2 Å². The number of hydrogen-bond acceptors (Lipinski definition) is 4. The van der Waals surface area contributed by atoms with Gasteiger partial charge in [-0.05, 0) is 6.92 Å². The molecule has 0 atom stereocenters. The fourth-order valence-electron chi connectivity index (χ4n) is 1.17. The molecule has 4 heteroatoms. The summed E-state index contributed by atoms with van der Waals surface area (Å²) < 4.78 is 9.72. The van der Waals surface area contributed by atoms with Crippen LogP contribution in [0.1, 0.15) is 12.5 Å². The molecule has 1 aromatic rings. The average molecular weight is 222 g/mol. The molecule has 4 nitrogen and oxygen atoms in total. The van der Waals surface area contributed by atoms with Crippen molar-refractivity contribution in [2.45, 2.75) is 6.92 Å². The predicted octanol–water partition coefficient (Wildman–Crippen LogP) is 1.56. The summed E-state index contributed by atoms with van der Waals surface area (Å²) in [4.78, 5) is 11.2. The second-order valence-electron chi connectivity index (χ2n) is 2.90. The lowest BCUT2D eigenvalue weighted by Gasteiger charge is -2.07. The molecular formula is C12H14O4. The molecule has 0 bridgehead atoms. The molecule has 1 aromatic carbocycles. The lowest BCUT2D eigenvalue weighted by molar-refractivity contribution is -0.137. The molecular weight excluding hydrogens is 208 g/mol. The molecule has 0 aliphatic carbocycles. The monoisotopic (exact) mass is 222 g/mol. The van der Waals surface area contributed by atoms with Crippen molar-refractivity contribution in [3.05, 3.63) is 42.0 Å². The fraction of sp³-hybridized carbons (Fsp3) is 0.250. The minimum absolute atomic E-state index is 0.293. The average Bonchev–Trinajstić information content (AvgIpc) is 2.30. The molecule has 1 N–H and O–H groups in total. The van der Waals surface area contributed by atoms with Gasteiger partial charge in [-0.1, -0.05) is 30.3 Å². The summed E-state index contributed by atoms with van der Waals surface area (Å²) in [5, 5.41) is 8.73. The summed E-state index contributed by atoms with van der Waals surface area (Å²) in [5.74, 6) is -0.198. The van der Waals surface area contributed by atoms with Gasteiger partial charge in [0.15, 0.2) is 6.79 Å². The summed E-state index contributed by atoms with van der Waals surface area (Å²) in [5.41, 5.74) is 0.713. The van der Waals surface area contributed by atoms with E-state index in [1.165, 1.54) is 6.08 Å². The van der Waals surface area contributed by atoms with E-state index in [1.54, 1.807) is 19.1 Å². The Hall–Kier alpha value is -1.81. The quantitative estimate of drug-likeness (QED) is 0.355. The van der Waals surface area contributed by atoms with E-state index >= 15 is 0 Å². The van der Waals surface area contributed by atoms with Gasteiger partial charge in [-0.3, -0.25) is 0 Å². The molecule has 0 aromatic heterocycles. The van der Waals surface area contributed by atoms with Crippen LogP contribution in [0.4, 0.5) is 0 Å². The summed E-state index contributed by atoms with van der Waals surface area (Å²) in [6, 6.07) is 9.04. The van der Waals surface area contributed by atoms with E-state index in [2.05, 4.69) is 0 Å². The van der Waals surface area contributed by atoms with Crippen LogP contribution in [0.5, 0.6) is 0 Å². The van der Waals surface area contributed by atoms with Gasteiger partial charge >= 0.3 is 5.97 Å². The van der Waals surface area contributed by atoms with Crippen molar-refractivity contribution >= 4 is 11.7 Å². The number of carbonyl (C=O) groups is 1. The largest absolute Gasteiger partial charge is 0.467 e. The number of aliphatic hydroxyl groups is 1. The summed E-state index contributed by atoms with van der Waals surface area (Å²) in [6.07, 6.45) is 1.22. The van der Waals surface area contributed by atoms with Crippen LogP contribution in [0.3, 0.4) is 0 Å². The zero-order valence-electron chi connectivity index (χ0n) is 9.05. The molecule has 0 aliphatic heterocycles. The highest BCUT2D eigenvalue weighted by Crippen LogP contribution is 2.15. The second-order valence-corrected chi connectivity index (χ2v) is 2.90. The Morgan fingerprint density at radius 2 is 2.00 bits per heavy atom. The van der Waals surface area contributed by atoms with Gasteiger partial charge < -0.3 is 14.6 Å². The van der Waals surface area contributed by atoms with Crippen molar-refractivity contribution in [1.82, 2.24) is 0 Å². The van der Waals surface area contributed by atoms with Crippen molar-refractivity contribution in [3.8, 4) is 0 Å². The van der Waals surface area contributed by atoms with Crippen LogP contribution in [-0.4, -0.2) is 24.5 Å². The number of carbonyl (C=O) groups excluding carboxylic acids is 1. The van der Waals surface area contributed by atoms with Gasteiger partial charge in [-0.15, -0.1) is 0 Å². The highest BCUT2D eigenvalue weighted by Gasteiger charge is 2.05. The molecule has 0 fully saturated rings. The van der Waals surface area contributed by atoms with Crippen LogP contribution in [0.15, 0.2) is 36.4 Å². The third-order valence-electron chi connectivity index (χ3n) is 1.81. The smallest absolute Gasteiger partial charge is 0.334 e. The Morgan fingerprint density at radius 1 is 1.31 bits per heavy atom. The second kappa shape index (κ2) is 6.63. The van der Waals surface area contributed by atoms with Gasteiger partial charge in [0.25, 0.3) is 0 Å². The van der Waals surface area contributed by atoms with E-state index in [0.29, 0.717) is 17.9 Å². The normalized spacial score (nSPS) is 11.0. The lowest BCUT2D eigenvalue weighted by Crippen LogP contribution is -2.03. The highest BCUT2D eigenvalue weighted by atomic mass is 16.6. The first kappa shape index (κ1) is 12.3. The fourth-order valence-corrected chi connectivity index (χ4v) is 1.17. The van der Waals surface area contributed by atoms with Gasteiger partial charge in [0, 0.05) is 5.56 Å². The number of rotatable bonds is 5. The third-order valence-corrected chi connectivity index (χ3v) is 1.81. The van der Waals surface area contributed by atoms with Gasteiger partial charge in [0.2, 0.25) is 0 Å². The maximum Gasteiger partial charge on any atom is 0.334 e. The lowest BCUT2D eigenvalue weighted by atomic mass is 10.2. The van der Waals surface area contributed by atoms with Crippen molar-refractivity contribution in [2.24, 2.45) is 0 Å². The Morgan fingerprint density at radius 3 is 2.56 bits per heavy atom. The van der Waals surface area contributed by atoms with Gasteiger partial charge in [0.05, 0.1) is 12.7 Å². The van der Waals surface area contributed by atoms with Crippen LogP contribution in [-0.2, 0) is 14.3 Å². The zero-order valence-corrected chi connectivity index (χ0v) is 9.05. The molecule has 0 unspecified atom stereocenters. The van der Waals surface area contributed by atoms with Crippen LogP contribution >= 0.6 is 0 Å². The SMILES string of the molecule is CCOC(=O)/C=C(/OCO)c1ccccc1. The van der Waals surface area contributed by atoms with E-state index in [-0.39, 0.29) is 0 Å². The summed E-state index contributed by atoms with van der Waals surface area (Å²) in [6.45, 7) is 1.54. The molecule has 0 spiro atoms. The van der Waals surface area contributed by atoms with Crippen LogP contribution in [0.2, 0.25) is 0 Å². The number of aliphatic hydroxyl groups excluding tert-OH is 1. The first-order valence-electron chi connectivity index (χ1n) is 4.95. The predicted molar refractivity (Wildman–Crippen MR) is 59.2 cm³/mol. The molecule has 0 saturated heterocycles. The standard InChI is InChI=1S/C12H14O4/c1-2-15-12(14)8-11(16-9-13)10-6-4-3-5-7-10/h3-8,13H,2,9H2,1H3/b11-8+. The maximum atomic E-state index is 11.2. The Balaban J connectivity index is 2.86. The van der Waals surface area contributed by atoms with Gasteiger partial charge in [-0.2, -0.15) is 0 Å². The number of esters is 1. The molecule has 16 heavy (non-hydrogen) atoms. The minimum atomic E-state index is -0.491. The molecule has 1 rings (SSSR count). The molecule has 0 radical (unpaired) electrons. The topological polar surface area (TPSA) is 55.8 Å². The number of benzene rings is 1. The van der Waals surface area contributed by atoms with Gasteiger partial charge in [-0.25, -0.2) is 4.79 Å². The molecule has 0 heterocycles. The van der Waals surface area contributed by atoms with Crippen molar-refractivity contribution in [1.29, 1.82) is 0 Å². The van der Waals surface area contributed by atoms with Crippen molar-refractivity contribution < 1.29 is 19.4 Å². The Bertz CT molecular complexity index is 357. The minimum Gasteiger partial charge on any atom is -0.467 e. The third kappa shape index (κ3) is 3.74. The molecule has 0 saturated carbocycles. The summed E-state index contributed by atoms with van der Waals surface area (Å²) in [7, 11) is 0. The zero-order chi connectivity index (χ0) is 11.8. The number of ether oxygens (including phenoxy) is 2. The molecule has 0 amide bonds. The van der Waals surface area contributed by atoms with Crippen LogP contribution < -0.4 is 0 Å². The highest BCUT2D eigenvalue weighted by molar-refractivity contribution is 5.89. The van der Waals surface area contributed by atoms with E-state index < -0.39 is 12.8 Å². The summed E-state index contributed by atoms with van der Waals surface area (Å²) >= 11 is 0. The Labute approximate surface area is 94.1 Å². The Kier molecular flexibility index (Phi) is 5.08. The molecule has 86 valence electrons. The van der Waals surface area contributed by atoms with Gasteiger partial charge in [0.1, 0.15) is 5.76 Å². The first-order chi connectivity index (χ1) is 7.77. The first-order valence-corrected chi connectivity index (χ1v) is 4.95. The molecule has 0 aliphatic rings. The van der Waals surface area contributed by atoms with E-state index in [4.69, 9.17) is 14.6 Å². The van der Waals surface area contributed by atoms with Crippen molar-refractivity contribution in [2.75, 3.05) is 13.4 Å². The van der Waals surface area contributed by atoms with Crippen LogP contribution in [0.25, 0.3) is 5.76 Å². The van der Waals surface area contributed by atoms with E-state index in [0.717, 1.165) is 0 Å². The maximum absolute atomic E-state index is 11.2. The number of hydrogen-bond donors (Lipinski definition) is 1. The van der Waals surface area contributed by atoms with Crippen molar-refractivity contribution in [3.63, 3.8) is 0 Å². The van der Waals surface area contributed by atoms with Crippen LogP contribution in [0, 0.1) is 0 Å².